The Balaban J connectivity index is 2.25. The zero-order chi connectivity index (χ0) is 19.1. The van der Waals surface area contributed by atoms with Crippen LogP contribution >= 0.6 is 0 Å². The number of aromatic nitrogens is 2. The molecule has 3 aromatic rings. The number of hydrogen-bond donors (Lipinski definition) is 1. The van der Waals surface area contributed by atoms with Crippen LogP contribution < -0.4 is 0 Å². The van der Waals surface area contributed by atoms with Crippen LogP contribution in [0.3, 0.4) is 0 Å². The lowest BCUT2D eigenvalue weighted by Gasteiger charge is -2.17. The minimum Gasteiger partial charge on any atom is -0.389 e. The van der Waals surface area contributed by atoms with E-state index in [9.17, 15) is 18.7 Å². The normalized spacial score (nSPS) is 11.9. The molecule has 0 aliphatic carbocycles. The van der Waals surface area contributed by atoms with E-state index >= 15 is 0 Å². The minimum atomic E-state index is -1.06. The fraction of sp³-hybridized carbons (Fsp3) is 0.300. The maximum absolute atomic E-state index is 14.1. The van der Waals surface area contributed by atoms with Gasteiger partial charge in [0.25, 0.3) is 0 Å². The second kappa shape index (κ2) is 6.61. The van der Waals surface area contributed by atoms with Crippen molar-refractivity contribution in [2.24, 2.45) is 0 Å². The lowest BCUT2D eigenvalue weighted by Crippen LogP contribution is -2.26. The number of Topliss-reactive ketones (excluding diaryl/α,β-unsaturated/α-hetero) is 1. The molecule has 1 heterocycles. The molecule has 3 rings (SSSR count). The predicted octanol–water partition coefficient (Wildman–Crippen LogP) is 4.35. The van der Waals surface area contributed by atoms with Gasteiger partial charge in [-0.25, -0.2) is 8.78 Å². The monoisotopic (exact) mass is 358 g/mol. The molecule has 2 aromatic carbocycles. The number of rotatable bonds is 5. The first-order valence-corrected chi connectivity index (χ1v) is 8.42. The number of carbonyl (C=O) groups excluding carboxylic acids is 1. The third kappa shape index (κ3) is 3.37. The van der Waals surface area contributed by atoms with Crippen molar-refractivity contribution in [1.82, 2.24) is 9.78 Å². The van der Waals surface area contributed by atoms with Gasteiger partial charge in [-0.15, -0.1) is 0 Å². The van der Waals surface area contributed by atoms with Crippen LogP contribution in [0.1, 0.15) is 37.7 Å². The van der Waals surface area contributed by atoms with Gasteiger partial charge in [0.1, 0.15) is 17.3 Å². The van der Waals surface area contributed by atoms with Crippen molar-refractivity contribution >= 4 is 16.7 Å². The topological polar surface area (TPSA) is 55.1 Å². The molecule has 0 spiro atoms. The first-order chi connectivity index (χ1) is 12.2. The predicted molar refractivity (Wildman–Crippen MR) is 96.0 cm³/mol. The molecule has 0 saturated heterocycles. The van der Waals surface area contributed by atoms with Crippen molar-refractivity contribution in [1.29, 1.82) is 0 Å². The third-order valence-electron chi connectivity index (χ3n) is 4.13. The molecular formula is C20H20F2N2O2. The van der Waals surface area contributed by atoms with Crippen molar-refractivity contribution in [2.45, 2.75) is 39.3 Å². The first kappa shape index (κ1) is 18.2. The Morgan fingerprint density at radius 2 is 1.85 bits per heavy atom. The van der Waals surface area contributed by atoms with Gasteiger partial charge >= 0.3 is 0 Å². The summed E-state index contributed by atoms with van der Waals surface area (Å²) in [5, 5.41) is 15.1. The maximum atomic E-state index is 14.1. The van der Waals surface area contributed by atoms with Crippen molar-refractivity contribution in [3.8, 4) is 11.1 Å². The van der Waals surface area contributed by atoms with Gasteiger partial charge in [0.2, 0.25) is 0 Å². The SMILES string of the molecule is CCC(=O)c1nn(CC(C)(C)O)c2cc(-c3c(F)cccc3F)ccc12. The Kier molecular flexibility index (Phi) is 4.63. The van der Waals surface area contributed by atoms with E-state index in [1.807, 2.05) is 0 Å². The van der Waals surface area contributed by atoms with E-state index in [-0.39, 0.29) is 17.9 Å². The van der Waals surface area contributed by atoms with Crippen LogP contribution in [-0.2, 0) is 6.54 Å². The molecule has 4 nitrogen and oxygen atoms in total. The van der Waals surface area contributed by atoms with E-state index in [1.165, 1.54) is 22.9 Å². The smallest absolute Gasteiger partial charge is 0.183 e. The van der Waals surface area contributed by atoms with E-state index in [2.05, 4.69) is 5.10 Å². The van der Waals surface area contributed by atoms with Crippen molar-refractivity contribution in [3.63, 3.8) is 0 Å². The average Bonchev–Trinajstić information content (AvgIpc) is 2.90. The molecule has 0 aliphatic heterocycles. The second-order valence-corrected chi connectivity index (χ2v) is 6.92. The summed E-state index contributed by atoms with van der Waals surface area (Å²) in [6.07, 6.45) is 0.290. The molecule has 0 aliphatic rings. The number of carbonyl (C=O) groups is 1. The lowest BCUT2D eigenvalue weighted by atomic mass is 10.0. The van der Waals surface area contributed by atoms with Gasteiger partial charge in [-0.3, -0.25) is 9.48 Å². The van der Waals surface area contributed by atoms with Crippen molar-refractivity contribution in [3.05, 3.63) is 53.7 Å². The lowest BCUT2D eigenvalue weighted by molar-refractivity contribution is 0.0588. The third-order valence-corrected chi connectivity index (χ3v) is 4.13. The fourth-order valence-corrected chi connectivity index (χ4v) is 2.96. The Hall–Kier alpha value is -2.60. The molecule has 0 bridgehead atoms. The number of nitrogens with zero attached hydrogens (tertiary/aromatic N) is 2. The largest absolute Gasteiger partial charge is 0.389 e. The highest BCUT2D eigenvalue weighted by Gasteiger charge is 2.22. The number of fused-ring (bicyclic) bond motifs is 1. The van der Waals surface area contributed by atoms with Gasteiger partial charge in [0.05, 0.1) is 23.2 Å². The Labute approximate surface area is 150 Å². The summed E-state index contributed by atoms with van der Waals surface area (Å²) in [7, 11) is 0. The molecule has 0 saturated carbocycles. The van der Waals surface area contributed by atoms with E-state index in [4.69, 9.17) is 0 Å². The van der Waals surface area contributed by atoms with Gasteiger partial charge < -0.3 is 5.11 Å². The highest BCUT2D eigenvalue weighted by Crippen LogP contribution is 2.31. The van der Waals surface area contributed by atoms with E-state index in [0.29, 0.717) is 28.6 Å². The molecule has 0 amide bonds. The number of halogens is 2. The highest BCUT2D eigenvalue weighted by molar-refractivity contribution is 6.06. The molecule has 0 unspecified atom stereocenters. The summed E-state index contributed by atoms with van der Waals surface area (Å²) in [5.74, 6) is -1.46. The highest BCUT2D eigenvalue weighted by atomic mass is 19.1. The molecule has 1 N–H and O–H groups in total. The number of hydrogen-bond acceptors (Lipinski definition) is 3. The van der Waals surface area contributed by atoms with Crippen LogP contribution in [0, 0.1) is 11.6 Å². The van der Waals surface area contributed by atoms with Crippen molar-refractivity contribution < 1.29 is 18.7 Å². The molecule has 26 heavy (non-hydrogen) atoms. The summed E-state index contributed by atoms with van der Waals surface area (Å²) in [6.45, 7) is 5.14. The van der Waals surface area contributed by atoms with Gasteiger partial charge in [-0.1, -0.05) is 19.1 Å². The van der Waals surface area contributed by atoms with Crippen LogP contribution in [0.4, 0.5) is 8.78 Å². The summed E-state index contributed by atoms with van der Waals surface area (Å²) < 4.78 is 29.8. The van der Waals surface area contributed by atoms with E-state index in [1.54, 1.807) is 39.0 Å². The molecule has 0 radical (unpaired) electrons. The quantitative estimate of drug-likeness (QED) is 0.690. The molecule has 0 atom stereocenters. The minimum absolute atomic E-state index is 0.130. The van der Waals surface area contributed by atoms with Crippen LogP contribution in [-0.4, -0.2) is 26.3 Å². The zero-order valence-electron chi connectivity index (χ0n) is 14.9. The average molecular weight is 358 g/mol. The number of benzene rings is 2. The summed E-state index contributed by atoms with van der Waals surface area (Å²) in [6, 6.07) is 8.52. The fourth-order valence-electron chi connectivity index (χ4n) is 2.96. The summed E-state index contributed by atoms with van der Waals surface area (Å²) >= 11 is 0. The number of aliphatic hydroxyl groups is 1. The van der Waals surface area contributed by atoms with E-state index in [0.717, 1.165) is 0 Å². The first-order valence-electron chi connectivity index (χ1n) is 8.42. The van der Waals surface area contributed by atoms with Gasteiger partial charge in [0.15, 0.2) is 5.78 Å². The molecule has 136 valence electrons. The Morgan fingerprint density at radius 1 is 1.19 bits per heavy atom. The maximum Gasteiger partial charge on any atom is 0.183 e. The zero-order valence-corrected chi connectivity index (χ0v) is 14.9. The second-order valence-electron chi connectivity index (χ2n) is 6.92. The summed E-state index contributed by atoms with van der Waals surface area (Å²) in [5.41, 5.74) is -0.00396. The van der Waals surface area contributed by atoms with Crippen molar-refractivity contribution in [2.75, 3.05) is 0 Å². The molecular weight excluding hydrogens is 338 g/mol. The van der Waals surface area contributed by atoms with Crippen LogP contribution in [0.5, 0.6) is 0 Å². The van der Waals surface area contributed by atoms with Gasteiger partial charge in [0, 0.05) is 11.8 Å². The van der Waals surface area contributed by atoms with Gasteiger partial charge in [-0.05, 0) is 43.7 Å². The Bertz CT molecular complexity index is 967. The van der Waals surface area contributed by atoms with E-state index < -0.39 is 17.2 Å². The summed E-state index contributed by atoms with van der Waals surface area (Å²) in [4.78, 5) is 12.2. The molecule has 0 fully saturated rings. The number of ketones is 1. The van der Waals surface area contributed by atoms with Crippen LogP contribution in [0.2, 0.25) is 0 Å². The van der Waals surface area contributed by atoms with Crippen LogP contribution in [0.25, 0.3) is 22.0 Å². The standard InChI is InChI=1S/C20H20F2N2O2/c1-4-17(25)19-13-9-8-12(18-14(21)6-5-7-15(18)22)10-16(13)24(23-19)11-20(2,3)26/h5-10,26H,4,11H2,1-3H3. The van der Waals surface area contributed by atoms with Gasteiger partial charge in [-0.2, -0.15) is 5.10 Å². The van der Waals surface area contributed by atoms with Crippen LogP contribution in [0.15, 0.2) is 36.4 Å². The molecule has 6 heteroatoms. The Morgan fingerprint density at radius 3 is 2.42 bits per heavy atom. The molecule has 1 aromatic heterocycles.